The highest BCUT2D eigenvalue weighted by atomic mass is 16.2. The number of nitrogens with zero attached hydrogens (tertiary/aromatic N) is 2. The van der Waals surface area contributed by atoms with Gasteiger partial charge in [-0.05, 0) is 37.6 Å². The Hall–Kier alpha value is -1.42. The molecule has 4 nitrogen and oxygen atoms in total. The van der Waals surface area contributed by atoms with Crippen molar-refractivity contribution >= 4 is 5.91 Å². The Morgan fingerprint density at radius 2 is 2.21 bits per heavy atom. The van der Waals surface area contributed by atoms with Gasteiger partial charge < -0.3 is 10.2 Å². The molecule has 0 spiro atoms. The van der Waals surface area contributed by atoms with Crippen LogP contribution in [0, 0.1) is 5.41 Å². The van der Waals surface area contributed by atoms with Crippen molar-refractivity contribution in [3.8, 4) is 0 Å². The number of carbonyl (C=O) groups is 1. The molecular formula is C15H21N3O. The monoisotopic (exact) mass is 259 g/mol. The van der Waals surface area contributed by atoms with E-state index in [1.54, 1.807) is 0 Å². The minimum Gasteiger partial charge on any atom is -0.337 e. The predicted octanol–water partition coefficient (Wildman–Crippen LogP) is 1.36. The van der Waals surface area contributed by atoms with Crippen molar-refractivity contribution in [2.75, 3.05) is 19.6 Å². The maximum absolute atomic E-state index is 12.8. The van der Waals surface area contributed by atoms with Crippen LogP contribution in [0.1, 0.15) is 31.0 Å². The summed E-state index contributed by atoms with van der Waals surface area (Å²) in [6.07, 6.45) is 4.62. The van der Waals surface area contributed by atoms with Crippen molar-refractivity contribution in [3.63, 3.8) is 0 Å². The third-order valence-corrected chi connectivity index (χ3v) is 4.47. The van der Waals surface area contributed by atoms with Gasteiger partial charge in [-0.1, -0.05) is 13.0 Å². The lowest BCUT2D eigenvalue weighted by Gasteiger charge is -2.39. The average Bonchev–Trinajstić information content (AvgIpc) is 2.47. The van der Waals surface area contributed by atoms with E-state index in [0.717, 1.165) is 51.1 Å². The molecule has 19 heavy (non-hydrogen) atoms. The summed E-state index contributed by atoms with van der Waals surface area (Å²) in [6, 6.07) is 4.05. The van der Waals surface area contributed by atoms with Gasteiger partial charge in [-0.25, -0.2) is 0 Å². The number of piperidine rings is 1. The molecule has 0 aromatic carbocycles. The van der Waals surface area contributed by atoms with E-state index in [1.807, 2.05) is 17.2 Å². The van der Waals surface area contributed by atoms with Gasteiger partial charge in [0.05, 0.1) is 0 Å². The van der Waals surface area contributed by atoms with Gasteiger partial charge in [0.1, 0.15) is 0 Å². The van der Waals surface area contributed by atoms with Crippen LogP contribution in [0.15, 0.2) is 18.3 Å². The molecule has 4 heteroatoms. The van der Waals surface area contributed by atoms with Crippen LogP contribution in [0.25, 0.3) is 0 Å². The zero-order chi connectivity index (χ0) is 13.3. The molecule has 2 aliphatic heterocycles. The molecule has 102 valence electrons. The average molecular weight is 259 g/mol. The van der Waals surface area contributed by atoms with Crippen molar-refractivity contribution < 1.29 is 4.79 Å². The lowest BCUT2D eigenvalue weighted by atomic mass is 9.79. The molecule has 1 saturated heterocycles. The fraction of sp³-hybridized carbons (Fsp3) is 0.600. The third kappa shape index (κ3) is 2.37. The first-order valence-electron chi connectivity index (χ1n) is 7.12. The molecule has 0 radical (unpaired) electrons. The first-order chi connectivity index (χ1) is 9.19. The maximum atomic E-state index is 12.8. The van der Waals surface area contributed by atoms with Crippen molar-refractivity contribution in [1.82, 2.24) is 15.2 Å². The van der Waals surface area contributed by atoms with Crippen molar-refractivity contribution in [2.45, 2.75) is 32.7 Å². The molecule has 0 saturated carbocycles. The van der Waals surface area contributed by atoms with Gasteiger partial charge in [0, 0.05) is 36.8 Å². The number of fused-ring (bicyclic) bond motifs is 1. The minimum atomic E-state index is -0.176. The molecule has 1 N–H and O–H groups in total. The number of amides is 1. The third-order valence-electron chi connectivity index (χ3n) is 4.47. The summed E-state index contributed by atoms with van der Waals surface area (Å²) in [5.74, 6) is 0.323. The SMILES string of the molecule is CC1(C(=O)N2CCc3ncccc3C2)CCNCC1. The van der Waals surface area contributed by atoms with Gasteiger partial charge in [0.25, 0.3) is 0 Å². The second-order valence-electron chi connectivity index (χ2n) is 5.90. The largest absolute Gasteiger partial charge is 0.337 e. The van der Waals surface area contributed by atoms with Crippen LogP contribution >= 0.6 is 0 Å². The summed E-state index contributed by atoms with van der Waals surface area (Å²) in [4.78, 5) is 19.2. The van der Waals surface area contributed by atoms with Crippen LogP contribution in [-0.2, 0) is 17.8 Å². The Morgan fingerprint density at radius 1 is 1.42 bits per heavy atom. The molecule has 1 fully saturated rings. The maximum Gasteiger partial charge on any atom is 0.228 e. The van der Waals surface area contributed by atoms with Crippen molar-refractivity contribution in [3.05, 3.63) is 29.6 Å². The molecule has 3 heterocycles. The van der Waals surface area contributed by atoms with E-state index >= 15 is 0 Å². The summed E-state index contributed by atoms with van der Waals surface area (Å²) in [5, 5.41) is 3.33. The van der Waals surface area contributed by atoms with E-state index in [-0.39, 0.29) is 5.41 Å². The fourth-order valence-corrected chi connectivity index (χ4v) is 3.11. The molecule has 0 unspecified atom stereocenters. The number of hydrogen-bond acceptors (Lipinski definition) is 3. The summed E-state index contributed by atoms with van der Waals surface area (Å²) < 4.78 is 0. The molecule has 0 aliphatic carbocycles. The lowest BCUT2D eigenvalue weighted by molar-refractivity contribution is -0.143. The Bertz CT molecular complexity index is 480. The standard InChI is InChI=1S/C15H21N3O/c1-15(5-8-16-9-6-15)14(19)18-10-4-13-12(11-18)3-2-7-17-13/h2-3,7,16H,4-6,8-11H2,1H3. The second-order valence-corrected chi connectivity index (χ2v) is 5.90. The Balaban J connectivity index is 1.75. The number of carbonyl (C=O) groups excluding carboxylic acids is 1. The van der Waals surface area contributed by atoms with E-state index in [0.29, 0.717) is 5.91 Å². The molecular weight excluding hydrogens is 238 g/mol. The number of nitrogens with one attached hydrogen (secondary N) is 1. The topological polar surface area (TPSA) is 45.2 Å². The first kappa shape index (κ1) is 12.6. The molecule has 0 atom stereocenters. The van der Waals surface area contributed by atoms with Crippen LogP contribution < -0.4 is 5.32 Å². The fourth-order valence-electron chi connectivity index (χ4n) is 3.11. The highest BCUT2D eigenvalue weighted by Crippen LogP contribution is 2.32. The Morgan fingerprint density at radius 3 is 3.00 bits per heavy atom. The van der Waals surface area contributed by atoms with Gasteiger partial charge in [-0.15, -0.1) is 0 Å². The molecule has 3 rings (SSSR count). The normalized spacial score (nSPS) is 21.8. The van der Waals surface area contributed by atoms with Gasteiger partial charge in [-0.3, -0.25) is 9.78 Å². The molecule has 1 amide bonds. The van der Waals surface area contributed by atoms with Crippen LogP contribution in [-0.4, -0.2) is 35.4 Å². The van der Waals surface area contributed by atoms with E-state index in [2.05, 4.69) is 23.3 Å². The number of aromatic nitrogens is 1. The predicted molar refractivity (Wildman–Crippen MR) is 73.6 cm³/mol. The summed E-state index contributed by atoms with van der Waals surface area (Å²) >= 11 is 0. The number of rotatable bonds is 1. The van der Waals surface area contributed by atoms with Gasteiger partial charge in [-0.2, -0.15) is 0 Å². The zero-order valence-electron chi connectivity index (χ0n) is 11.5. The number of pyridine rings is 1. The quantitative estimate of drug-likeness (QED) is 0.828. The van der Waals surface area contributed by atoms with Crippen LogP contribution in [0.3, 0.4) is 0 Å². The van der Waals surface area contributed by atoms with Crippen LogP contribution in [0.2, 0.25) is 0 Å². The molecule has 1 aromatic heterocycles. The molecule has 0 bridgehead atoms. The zero-order valence-corrected chi connectivity index (χ0v) is 11.5. The van der Waals surface area contributed by atoms with Gasteiger partial charge >= 0.3 is 0 Å². The van der Waals surface area contributed by atoms with Crippen LogP contribution in [0.5, 0.6) is 0 Å². The Kier molecular flexibility index (Phi) is 3.27. The van der Waals surface area contributed by atoms with Gasteiger partial charge in [0.15, 0.2) is 0 Å². The first-order valence-corrected chi connectivity index (χ1v) is 7.12. The van der Waals surface area contributed by atoms with Crippen molar-refractivity contribution in [1.29, 1.82) is 0 Å². The highest BCUT2D eigenvalue weighted by molar-refractivity contribution is 5.82. The Labute approximate surface area is 114 Å². The summed E-state index contributed by atoms with van der Waals surface area (Å²) in [5.41, 5.74) is 2.19. The number of hydrogen-bond donors (Lipinski definition) is 1. The summed E-state index contributed by atoms with van der Waals surface area (Å²) in [6.45, 7) is 5.56. The van der Waals surface area contributed by atoms with E-state index in [9.17, 15) is 4.79 Å². The van der Waals surface area contributed by atoms with E-state index < -0.39 is 0 Å². The van der Waals surface area contributed by atoms with E-state index in [1.165, 1.54) is 5.56 Å². The smallest absolute Gasteiger partial charge is 0.228 e. The minimum absolute atomic E-state index is 0.176. The van der Waals surface area contributed by atoms with Gasteiger partial charge in [0.2, 0.25) is 5.91 Å². The summed E-state index contributed by atoms with van der Waals surface area (Å²) in [7, 11) is 0. The molecule has 2 aliphatic rings. The lowest BCUT2D eigenvalue weighted by Crippen LogP contribution is -2.49. The highest BCUT2D eigenvalue weighted by Gasteiger charge is 2.38. The van der Waals surface area contributed by atoms with E-state index in [4.69, 9.17) is 0 Å². The molecule has 1 aromatic rings. The van der Waals surface area contributed by atoms with Crippen molar-refractivity contribution in [2.24, 2.45) is 5.41 Å². The van der Waals surface area contributed by atoms with Crippen LogP contribution in [0.4, 0.5) is 0 Å². The second kappa shape index (κ2) is 4.93.